The molecule has 2 aliphatic rings. The van der Waals surface area contributed by atoms with E-state index < -0.39 is 36.1 Å². The van der Waals surface area contributed by atoms with E-state index in [0.29, 0.717) is 19.4 Å². The summed E-state index contributed by atoms with van der Waals surface area (Å²) >= 11 is 0. The van der Waals surface area contributed by atoms with Gasteiger partial charge in [-0.05, 0) is 25.3 Å². The molecular formula is C21H25FN2O7. The largest absolute Gasteiger partial charge is 0.490 e. The number of fused-ring (bicyclic) bond motifs is 2. The number of methoxy groups -OCH3 is 1. The number of rotatable bonds is 7. The highest BCUT2D eigenvalue weighted by molar-refractivity contribution is 6.05. The Morgan fingerprint density at radius 3 is 2.87 bits per heavy atom. The molecule has 2 aliphatic heterocycles. The molecule has 3 rings (SSSR count). The van der Waals surface area contributed by atoms with Crippen molar-refractivity contribution in [3.05, 3.63) is 36.2 Å². The summed E-state index contributed by atoms with van der Waals surface area (Å²) in [4.78, 5) is 39.4. The van der Waals surface area contributed by atoms with Crippen LogP contribution in [0.4, 0.5) is 14.9 Å². The number of hydrogen-bond donors (Lipinski definition) is 1. The van der Waals surface area contributed by atoms with E-state index in [-0.39, 0.29) is 43.1 Å². The average Bonchev–Trinajstić information content (AvgIpc) is 3.23. The number of ether oxygens (including phenoxy) is 3. The van der Waals surface area contributed by atoms with Crippen molar-refractivity contribution >= 4 is 23.7 Å². The number of aliphatic hydroxyl groups is 1. The molecule has 10 heteroatoms. The van der Waals surface area contributed by atoms with Crippen molar-refractivity contribution in [3.63, 3.8) is 0 Å². The molecule has 0 spiro atoms. The Morgan fingerprint density at radius 2 is 2.16 bits per heavy atom. The zero-order chi connectivity index (χ0) is 22.5. The van der Waals surface area contributed by atoms with Crippen LogP contribution in [0.2, 0.25) is 0 Å². The lowest BCUT2D eigenvalue weighted by atomic mass is 10.1. The standard InChI is InChI=1S/C21H25FN2O7/c1-3-9-31-21(28)24-16-12-17(30-10-5-7-18(25)29-2)14(22)11-13(16)19(26)23-8-4-6-15(23)20(24)27/h3,11-12,15,20,27H,1,4-10H2,2H3. The van der Waals surface area contributed by atoms with Crippen molar-refractivity contribution in [3.8, 4) is 5.75 Å². The van der Waals surface area contributed by atoms with Gasteiger partial charge in [-0.25, -0.2) is 14.1 Å². The highest BCUT2D eigenvalue weighted by Crippen LogP contribution is 2.38. The highest BCUT2D eigenvalue weighted by atomic mass is 19.1. The second kappa shape index (κ2) is 9.78. The van der Waals surface area contributed by atoms with Gasteiger partial charge in [-0.3, -0.25) is 9.59 Å². The van der Waals surface area contributed by atoms with Gasteiger partial charge < -0.3 is 24.2 Å². The van der Waals surface area contributed by atoms with Gasteiger partial charge in [0, 0.05) is 19.0 Å². The smallest absolute Gasteiger partial charge is 0.416 e. The number of amides is 2. The summed E-state index contributed by atoms with van der Waals surface area (Å²) in [5.74, 6) is -1.91. The van der Waals surface area contributed by atoms with Gasteiger partial charge in [-0.15, -0.1) is 0 Å². The van der Waals surface area contributed by atoms with Crippen LogP contribution in [-0.2, 0) is 14.3 Å². The zero-order valence-electron chi connectivity index (χ0n) is 17.2. The van der Waals surface area contributed by atoms with Crippen molar-refractivity contribution in [2.45, 2.75) is 38.0 Å². The molecule has 2 unspecified atom stereocenters. The maximum Gasteiger partial charge on any atom is 0.416 e. The number of aliphatic hydroxyl groups excluding tert-OH is 1. The van der Waals surface area contributed by atoms with Gasteiger partial charge in [-0.1, -0.05) is 12.7 Å². The van der Waals surface area contributed by atoms with E-state index in [1.807, 2.05) is 0 Å². The summed E-state index contributed by atoms with van der Waals surface area (Å²) in [6.07, 6.45) is 0.633. The quantitative estimate of drug-likeness (QED) is 0.397. The molecule has 9 nitrogen and oxygen atoms in total. The molecule has 2 atom stereocenters. The van der Waals surface area contributed by atoms with E-state index in [9.17, 15) is 23.9 Å². The first-order chi connectivity index (χ1) is 14.9. The lowest BCUT2D eigenvalue weighted by Gasteiger charge is -2.31. The van der Waals surface area contributed by atoms with Gasteiger partial charge in [0.15, 0.2) is 17.8 Å². The maximum atomic E-state index is 14.7. The van der Waals surface area contributed by atoms with Crippen LogP contribution in [0.15, 0.2) is 24.8 Å². The van der Waals surface area contributed by atoms with Crippen molar-refractivity contribution in [2.75, 3.05) is 31.8 Å². The van der Waals surface area contributed by atoms with E-state index in [1.165, 1.54) is 24.2 Å². The summed E-state index contributed by atoms with van der Waals surface area (Å²) in [6, 6.07) is 1.55. The summed E-state index contributed by atoms with van der Waals surface area (Å²) in [5.41, 5.74) is -0.0799. The number of nitrogens with zero attached hydrogens (tertiary/aromatic N) is 2. The fourth-order valence-corrected chi connectivity index (χ4v) is 3.75. The molecule has 0 aromatic heterocycles. The number of esters is 1. The van der Waals surface area contributed by atoms with Crippen LogP contribution in [0.3, 0.4) is 0 Å². The molecule has 2 amide bonds. The maximum absolute atomic E-state index is 14.7. The SMILES string of the molecule is C=CCOC(=O)N1c2cc(OCCCC(=O)OC)c(F)cc2C(=O)N2CCCC2C1O. The molecule has 1 aromatic carbocycles. The fraction of sp³-hybridized carbons (Fsp3) is 0.476. The predicted octanol–water partition coefficient (Wildman–Crippen LogP) is 2.22. The van der Waals surface area contributed by atoms with Gasteiger partial charge >= 0.3 is 12.1 Å². The zero-order valence-corrected chi connectivity index (χ0v) is 17.2. The molecule has 168 valence electrons. The van der Waals surface area contributed by atoms with Crippen molar-refractivity contribution in [1.82, 2.24) is 4.90 Å². The fourth-order valence-electron chi connectivity index (χ4n) is 3.75. The van der Waals surface area contributed by atoms with E-state index >= 15 is 0 Å². The van der Waals surface area contributed by atoms with Crippen LogP contribution in [0.1, 0.15) is 36.0 Å². The first-order valence-corrected chi connectivity index (χ1v) is 9.98. The molecule has 0 radical (unpaired) electrons. The Labute approximate surface area is 179 Å². The summed E-state index contributed by atoms with van der Waals surface area (Å²) in [5, 5.41) is 10.9. The third-order valence-corrected chi connectivity index (χ3v) is 5.24. The van der Waals surface area contributed by atoms with Gasteiger partial charge in [-0.2, -0.15) is 0 Å². The van der Waals surface area contributed by atoms with Crippen molar-refractivity contribution in [1.29, 1.82) is 0 Å². The predicted molar refractivity (Wildman–Crippen MR) is 107 cm³/mol. The monoisotopic (exact) mass is 436 g/mol. The average molecular weight is 436 g/mol. The van der Waals surface area contributed by atoms with Crippen molar-refractivity contribution in [2.24, 2.45) is 0 Å². The summed E-state index contributed by atoms with van der Waals surface area (Å²) in [7, 11) is 1.27. The van der Waals surface area contributed by atoms with E-state index in [4.69, 9.17) is 9.47 Å². The van der Waals surface area contributed by atoms with Crippen LogP contribution in [-0.4, -0.2) is 67.1 Å². The van der Waals surface area contributed by atoms with Crippen LogP contribution in [0.25, 0.3) is 0 Å². The minimum Gasteiger partial charge on any atom is -0.490 e. The second-order valence-corrected chi connectivity index (χ2v) is 7.19. The van der Waals surface area contributed by atoms with Gasteiger partial charge in [0.2, 0.25) is 0 Å². The molecule has 0 saturated carbocycles. The normalized spacial score (nSPS) is 19.9. The number of anilines is 1. The lowest BCUT2D eigenvalue weighted by Crippen LogP contribution is -2.50. The van der Waals surface area contributed by atoms with Crippen LogP contribution < -0.4 is 9.64 Å². The molecule has 1 saturated heterocycles. The third-order valence-electron chi connectivity index (χ3n) is 5.24. The number of hydrogen-bond acceptors (Lipinski definition) is 7. The van der Waals surface area contributed by atoms with Gasteiger partial charge in [0.25, 0.3) is 5.91 Å². The molecule has 0 bridgehead atoms. The van der Waals surface area contributed by atoms with Crippen molar-refractivity contribution < 1.29 is 38.1 Å². The van der Waals surface area contributed by atoms with Crippen LogP contribution in [0.5, 0.6) is 5.75 Å². The number of carbonyl (C=O) groups excluding carboxylic acids is 3. The highest BCUT2D eigenvalue weighted by Gasteiger charge is 2.45. The first-order valence-electron chi connectivity index (χ1n) is 9.98. The Hall–Kier alpha value is -3.14. The molecule has 31 heavy (non-hydrogen) atoms. The summed E-state index contributed by atoms with van der Waals surface area (Å²) < 4.78 is 29.8. The topological polar surface area (TPSA) is 106 Å². The second-order valence-electron chi connectivity index (χ2n) is 7.19. The Kier molecular flexibility index (Phi) is 7.11. The van der Waals surface area contributed by atoms with E-state index in [1.54, 1.807) is 0 Å². The molecule has 2 heterocycles. The molecular weight excluding hydrogens is 411 g/mol. The first kappa shape index (κ1) is 22.5. The number of benzene rings is 1. The van der Waals surface area contributed by atoms with Crippen LogP contribution in [0, 0.1) is 5.82 Å². The molecule has 1 aromatic rings. The van der Waals surface area contributed by atoms with E-state index in [0.717, 1.165) is 11.0 Å². The molecule has 1 N–H and O–H groups in total. The minimum absolute atomic E-state index is 0.00895. The minimum atomic E-state index is -1.37. The number of halogens is 1. The molecule has 1 fully saturated rings. The Bertz CT molecular complexity index is 876. The van der Waals surface area contributed by atoms with E-state index in [2.05, 4.69) is 11.3 Å². The number of carbonyl (C=O) groups is 3. The Morgan fingerprint density at radius 1 is 1.39 bits per heavy atom. The third kappa shape index (κ3) is 4.63. The lowest BCUT2D eigenvalue weighted by molar-refractivity contribution is -0.140. The molecule has 0 aliphatic carbocycles. The van der Waals surface area contributed by atoms with Gasteiger partial charge in [0.1, 0.15) is 6.61 Å². The van der Waals surface area contributed by atoms with Gasteiger partial charge in [0.05, 0.1) is 31.0 Å². The van der Waals surface area contributed by atoms with Crippen LogP contribution >= 0.6 is 0 Å². The Balaban J connectivity index is 1.94. The summed E-state index contributed by atoms with van der Waals surface area (Å²) in [6.45, 7) is 3.79.